The van der Waals surface area contributed by atoms with E-state index in [0.717, 1.165) is 50.4 Å². The number of hydrogen-bond donors (Lipinski definition) is 2. The topological polar surface area (TPSA) is 56.7 Å². The molecular weight excluding hydrogens is 343 g/mol. The van der Waals surface area contributed by atoms with Crippen LogP contribution in [0.1, 0.15) is 50.2 Å². The smallest absolute Gasteiger partial charge is 0.225 e. The number of carbonyl (C=O) groups is 1. The van der Waals surface area contributed by atoms with Crippen LogP contribution < -0.4 is 10.6 Å². The van der Waals surface area contributed by atoms with E-state index in [0.29, 0.717) is 18.0 Å². The van der Waals surface area contributed by atoms with Crippen LogP contribution in [0.3, 0.4) is 0 Å². The maximum absolute atomic E-state index is 13.7. The molecule has 1 saturated heterocycles. The van der Waals surface area contributed by atoms with Crippen LogP contribution in [-0.4, -0.2) is 42.4 Å². The second kappa shape index (κ2) is 9.20. The number of hydrogen-bond acceptors (Lipinski definition) is 2. The number of rotatable bonds is 5. The molecule has 1 aliphatic carbocycles. The SMILES string of the molecule is CCNC(=NCc1ccc(C)c(F)c1)NC1CCN(C(=O)C2CCCC2)C1. The molecular formula is C21H31FN4O. The van der Waals surface area contributed by atoms with Crippen molar-refractivity contribution < 1.29 is 9.18 Å². The highest BCUT2D eigenvalue weighted by molar-refractivity contribution is 5.81. The van der Waals surface area contributed by atoms with Crippen LogP contribution in [0.4, 0.5) is 4.39 Å². The summed E-state index contributed by atoms with van der Waals surface area (Å²) in [6.45, 7) is 6.50. The predicted octanol–water partition coefficient (Wildman–Crippen LogP) is 2.98. The van der Waals surface area contributed by atoms with Gasteiger partial charge < -0.3 is 15.5 Å². The average molecular weight is 375 g/mol. The number of aryl methyl sites for hydroxylation is 1. The Kier molecular flexibility index (Phi) is 6.69. The Hall–Kier alpha value is -2.11. The van der Waals surface area contributed by atoms with Crippen molar-refractivity contribution in [1.29, 1.82) is 0 Å². The van der Waals surface area contributed by atoms with Gasteiger partial charge in [-0.1, -0.05) is 25.0 Å². The summed E-state index contributed by atoms with van der Waals surface area (Å²) in [5.74, 6) is 1.09. The lowest BCUT2D eigenvalue weighted by molar-refractivity contribution is -0.134. The normalized spacial score (nSPS) is 20.9. The predicted molar refractivity (Wildman–Crippen MR) is 106 cm³/mol. The minimum Gasteiger partial charge on any atom is -0.357 e. The van der Waals surface area contributed by atoms with Gasteiger partial charge in [0.05, 0.1) is 6.54 Å². The summed E-state index contributed by atoms with van der Waals surface area (Å²) in [6.07, 6.45) is 5.39. The number of nitrogens with one attached hydrogen (secondary N) is 2. The molecule has 1 aliphatic heterocycles. The maximum atomic E-state index is 13.7. The van der Waals surface area contributed by atoms with E-state index in [-0.39, 0.29) is 17.8 Å². The van der Waals surface area contributed by atoms with Gasteiger partial charge in [-0.15, -0.1) is 0 Å². The number of halogens is 1. The van der Waals surface area contributed by atoms with Gasteiger partial charge >= 0.3 is 0 Å². The number of benzene rings is 1. The third-order valence-corrected chi connectivity index (χ3v) is 5.55. The Balaban J connectivity index is 1.55. The highest BCUT2D eigenvalue weighted by Crippen LogP contribution is 2.27. The molecule has 0 aromatic heterocycles. The van der Waals surface area contributed by atoms with Crippen molar-refractivity contribution in [2.75, 3.05) is 19.6 Å². The molecule has 1 atom stereocenters. The van der Waals surface area contributed by atoms with Crippen LogP contribution in [0.15, 0.2) is 23.2 Å². The molecule has 5 nitrogen and oxygen atoms in total. The lowest BCUT2D eigenvalue weighted by atomic mass is 10.1. The van der Waals surface area contributed by atoms with Crippen LogP contribution in [0, 0.1) is 18.7 Å². The standard InChI is InChI=1S/C21H31FN4O/c1-3-23-21(24-13-16-9-8-15(2)19(22)12-16)25-18-10-11-26(14-18)20(27)17-6-4-5-7-17/h8-9,12,17-18H,3-7,10-11,13-14H2,1-2H3,(H2,23,24,25). The van der Waals surface area contributed by atoms with Crippen LogP contribution in [-0.2, 0) is 11.3 Å². The van der Waals surface area contributed by atoms with Gasteiger partial charge in [0.15, 0.2) is 5.96 Å². The molecule has 1 saturated carbocycles. The van der Waals surface area contributed by atoms with E-state index in [9.17, 15) is 9.18 Å². The molecule has 1 heterocycles. The second-order valence-electron chi connectivity index (χ2n) is 7.67. The number of likely N-dealkylation sites (tertiary alicyclic amines) is 1. The molecule has 3 rings (SSSR count). The molecule has 27 heavy (non-hydrogen) atoms. The summed E-state index contributed by atoms with van der Waals surface area (Å²) in [4.78, 5) is 19.2. The number of carbonyl (C=O) groups excluding carboxylic acids is 1. The third-order valence-electron chi connectivity index (χ3n) is 5.55. The molecule has 0 spiro atoms. The summed E-state index contributed by atoms with van der Waals surface area (Å²) >= 11 is 0. The van der Waals surface area contributed by atoms with E-state index < -0.39 is 0 Å². The fourth-order valence-corrected chi connectivity index (χ4v) is 3.93. The minimum absolute atomic E-state index is 0.197. The van der Waals surface area contributed by atoms with Gasteiger partial charge in [0.1, 0.15) is 5.82 Å². The molecule has 0 radical (unpaired) electrons. The molecule has 1 aromatic carbocycles. The van der Waals surface area contributed by atoms with Crippen molar-refractivity contribution in [3.63, 3.8) is 0 Å². The highest BCUT2D eigenvalue weighted by atomic mass is 19.1. The number of nitrogens with zero attached hydrogens (tertiary/aromatic N) is 2. The number of aliphatic imine (C=N–C) groups is 1. The maximum Gasteiger partial charge on any atom is 0.225 e. The van der Waals surface area contributed by atoms with Crippen molar-refractivity contribution in [1.82, 2.24) is 15.5 Å². The van der Waals surface area contributed by atoms with E-state index in [1.807, 2.05) is 17.9 Å². The van der Waals surface area contributed by atoms with Crippen molar-refractivity contribution in [2.45, 2.75) is 58.5 Å². The fourth-order valence-electron chi connectivity index (χ4n) is 3.93. The summed E-state index contributed by atoms with van der Waals surface area (Å²) < 4.78 is 13.7. The molecule has 6 heteroatoms. The highest BCUT2D eigenvalue weighted by Gasteiger charge is 2.32. The van der Waals surface area contributed by atoms with E-state index in [1.165, 1.54) is 12.8 Å². The molecule has 2 fully saturated rings. The molecule has 2 aliphatic rings. The zero-order valence-electron chi connectivity index (χ0n) is 16.4. The van der Waals surface area contributed by atoms with Gasteiger partial charge in [-0.25, -0.2) is 9.38 Å². The second-order valence-corrected chi connectivity index (χ2v) is 7.67. The number of guanidine groups is 1. The third kappa shape index (κ3) is 5.21. The van der Waals surface area contributed by atoms with E-state index in [2.05, 4.69) is 15.6 Å². The van der Waals surface area contributed by atoms with Crippen LogP contribution >= 0.6 is 0 Å². The minimum atomic E-state index is -0.197. The fraction of sp³-hybridized carbons (Fsp3) is 0.619. The zero-order valence-corrected chi connectivity index (χ0v) is 16.4. The molecule has 1 unspecified atom stereocenters. The molecule has 2 N–H and O–H groups in total. The first-order valence-corrected chi connectivity index (χ1v) is 10.2. The van der Waals surface area contributed by atoms with E-state index in [4.69, 9.17) is 0 Å². The Morgan fingerprint density at radius 2 is 2.07 bits per heavy atom. The average Bonchev–Trinajstić information content (AvgIpc) is 3.34. The Bertz CT molecular complexity index is 685. The largest absolute Gasteiger partial charge is 0.357 e. The molecule has 1 aromatic rings. The first-order chi connectivity index (χ1) is 13.1. The molecule has 148 valence electrons. The van der Waals surface area contributed by atoms with Gasteiger partial charge in [0.2, 0.25) is 5.91 Å². The van der Waals surface area contributed by atoms with Gasteiger partial charge in [0.25, 0.3) is 0 Å². The van der Waals surface area contributed by atoms with Crippen molar-refractivity contribution >= 4 is 11.9 Å². The zero-order chi connectivity index (χ0) is 19.2. The number of amides is 1. The monoisotopic (exact) mass is 374 g/mol. The van der Waals surface area contributed by atoms with Crippen molar-refractivity contribution in [3.05, 3.63) is 35.1 Å². The quantitative estimate of drug-likeness (QED) is 0.615. The molecule has 1 amide bonds. The van der Waals surface area contributed by atoms with Gasteiger partial charge in [-0.2, -0.15) is 0 Å². The van der Waals surface area contributed by atoms with Crippen molar-refractivity contribution in [3.8, 4) is 0 Å². The van der Waals surface area contributed by atoms with E-state index >= 15 is 0 Å². The van der Waals surface area contributed by atoms with Gasteiger partial charge in [-0.05, 0) is 50.3 Å². The van der Waals surface area contributed by atoms with E-state index in [1.54, 1.807) is 19.1 Å². The summed E-state index contributed by atoms with van der Waals surface area (Å²) in [5, 5.41) is 6.69. The van der Waals surface area contributed by atoms with Gasteiger partial charge in [0, 0.05) is 31.6 Å². The first-order valence-electron chi connectivity index (χ1n) is 10.2. The first kappa shape index (κ1) is 19.6. The summed E-state index contributed by atoms with van der Waals surface area (Å²) in [5.41, 5.74) is 1.49. The van der Waals surface area contributed by atoms with Crippen LogP contribution in [0.5, 0.6) is 0 Å². The lowest BCUT2D eigenvalue weighted by Crippen LogP contribution is -2.45. The molecule has 0 bridgehead atoms. The summed E-state index contributed by atoms with van der Waals surface area (Å²) in [6, 6.07) is 5.44. The lowest BCUT2D eigenvalue weighted by Gasteiger charge is -2.21. The Labute approximate surface area is 161 Å². The van der Waals surface area contributed by atoms with Crippen molar-refractivity contribution in [2.24, 2.45) is 10.9 Å². The van der Waals surface area contributed by atoms with Crippen LogP contribution in [0.25, 0.3) is 0 Å². The van der Waals surface area contributed by atoms with Crippen LogP contribution in [0.2, 0.25) is 0 Å². The summed E-state index contributed by atoms with van der Waals surface area (Å²) in [7, 11) is 0. The Morgan fingerprint density at radius 1 is 1.30 bits per heavy atom. The Morgan fingerprint density at radius 3 is 2.78 bits per heavy atom. The van der Waals surface area contributed by atoms with Gasteiger partial charge in [-0.3, -0.25) is 4.79 Å².